The number of nitrogens with two attached hydrogens (primary N) is 1. The summed E-state index contributed by atoms with van der Waals surface area (Å²) in [5, 5.41) is 0. The molecule has 1 aromatic heterocycles. The van der Waals surface area contributed by atoms with E-state index in [-0.39, 0.29) is 0 Å². The van der Waals surface area contributed by atoms with Crippen LogP contribution in [0.2, 0.25) is 0 Å². The lowest BCUT2D eigenvalue weighted by Crippen LogP contribution is -2.19. The maximum atomic E-state index is 5.86. The third kappa shape index (κ3) is 3.24. The lowest BCUT2D eigenvalue weighted by atomic mass is 10.2. The highest BCUT2D eigenvalue weighted by Gasteiger charge is 2.11. The van der Waals surface area contributed by atoms with E-state index in [4.69, 9.17) is 10.5 Å². The number of aryl methyl sites for hydroxylation is 1. The van der Waals surface area contributed by atoms with Crippen LogP contribution in [0.3, 0.4) is 0 Å². The maximum absolute atomic E-state index is 5.86. The van der Waals surface area contributed by atoms with Gasteiger partial charge in [-0.3, -0.25) is 0 Å². The van der Waals surface area contributed by atoms with Crippen LogP contribution in [0.1, 0.15) is 18.3 Å². The Morgan fingerprint density at radius 1 is 1.25 bits per heavy atom. The summed E-state index contributed by atoms with van der Waals surface area (Å²) in [7, 11) is 1.62. The molecule has 2 rings (SSSR count). The first-order chi connectivity index (χ1) is 9.63. The average molecular weight is 272 g/mol. The van der Waals surface area contributed by atoms with Gasteiger partial charge in [-0.05, 0) is 31.5 Å². The molecule has 0 radical (unpaired) electrons. The zero-order chi connectivity index (χ0) is 14.5. The number of anilines is 3. The Morgan fingerprint density at radius 2 is 2.05 bits per heavy atom. The molecule has 1 heterocycles. The van der Waals surface area contributed by atoms with E-state index in [0.29, 0.717) is 18.2 Å². The van der Waals surface area contributed by atoms with E-state index < -0.39 is 0 Å². The normalized spacial score (nSPS) is 10.6. The van der Waals surface area contributed by atoms with E-state index in [1.807, 2.05) is 6.07 Å². The van der Waals surface area contributed by atoms with E-state index in [2.05, 4.69) is 46.9 Å². The van der Waals surface area contributed by atoms with Gasteiger partial charge in [0.05, 0.1) is 0 Å². The standard InChI is InChI=1S/C15H20N4O/c1-4-19(12-7-5-6-11(2)8-12)15-9-13(16)17-14(18-15)10-20-3/h5-9H,4,10H2,1-3H3,(H2,16,17,18). The van der Waals surface area contributed by atoms with Gasteiger partial charge in [-0.25, -0.2) is 9.97 Å². The first-order valence-corrected chi connectivity index (χ1v) is 6.60. The Labute approximate surface area is 119 Å². The van der Waals surface area contributed by atoms with E-state index in [1.54, 1.807) is 13.2 Å². The van der Waals surface area contributed by atoms with Crippen LogP contribution in [-0.2, 0) is 11.3 Å². The minimum absolute atomic E-state index is 0.351. The highest BCUT2D eigenvalue weighted by Crippen LogP contribution is 2.25. The number of benzene rings is 1. The molecule has 0 aliphatic rings. The number of aromatic nitrogens is 2. The summed E-state index contributed by atoms with van der Waals surface area (Å²) in [6.45, 7) is 5.30. The van der Waals surface area contributed by atoms with Crippen molar-refractivity contribution in [3.8, 4) is 0 Å². The molecule has 2 N–H and O–H groups in total. The Morgan fingerprint density at radius 3 is 2.70 bits per heavy atom. The minimum Gasteiger partial charge on any atom is -0.384 e. The van der Waals surface area contributed by atoms with Gasteiger partial charge in [0.2, 0.25) is 0 Å². The van der Waals surface area contributed by atoms with E-state index >= 15 is 0 Å². The van der Waals surface area contributed by atoms with Crippen molar-refractivity contribution in [1.82, 2.24) is 9.97 Å². The Hall–Kier alpha value is -2.14. The van der Waals surface area contributed by atoms with Crippen LogP contribution >= 0.6 is 0 Å². The summed E-state index contributed by atoms with van der Waals surface area (Å²) in [5.74, 6) is 1.83. The van der Waals surface area contributed by atoms with Crippen molar-refractivity contribution in [2.75, 3.05) is 24.3 Å². The summed E-state index contributed by atoms with van der Waals surface area (Å²) < 4.78 is 5.08. The second-order valence-corrected chi connectivity index (χ2v) is 4.58. The van der Waals surface area contributed by atoms with E-state index in [0.717, 1.165) is 18.1 Å². The molecule has 0 amide bonds. The lowest BCUT2D eigenvalue weighted by molar-refractivity contribution is 0.178. The van der Waals surface area contributed by atoms with Crippen molar-refractivity contribution in [2.24, 2.45) is 0 Å². The van der Waals surface area contributed by atoms with Crippen LogP contribution in [-0.4, -0.2) is 23.6 Å². The van der Waals surface area contributed by atoms with Gasteiger partial charge in [0.1, 0.15) is 18.2 Å². The molecule has 5 heteroatoms. The lowest BCUT2D eigenvalue weighted by Gasteiger charge is -2.23. The molecule has 2 aromatic rings. The molecular weight excluding hydrogens is 252 g/mol. The Kier molecular flexibility index (Phi) is 4.53. The van der Waals surface area contributed by atoms with Gasteiger partial charge in [0, 0.05) is 25.4 Å². The van der Waals surface area contributed by atoms with Gasteiger partial charge >= 0.3 is 0 Å². The summed E-state index contributed by atoms with van der Waals surface area (Å²) in [5.41, 5.74) is 8.16. The van der Waals surface area contributed by atoms with Crippen LogP contribution in [0.25, 0.3) is 0 Å². The Bertz CT molecular complexity index is 586. The highest BCUT2D eigenvalue weighted by molar-refractivity contribution is 5.62. The smallest absolute Gasteiger partial charge is 0.158 e. The van der Waals surface area contributed by atoms with Gasteiger partial charge in [0.15, 0.2) is 5.82 Å². The zero-order valence-corrected chi connectivity index (χ0v) is 12.1. The highest BCUT2D eigenvalue weighted by atomic mass is 16.5. The molecule has 106 valence electrons. The minimum atomic E-state index is 0.351. The van der Waals surface area contributed by atoms with Crippen LogP contribution < -0.4 is 10.6 Å². The number of methoxy groups -OCH3 is 1. The van der Waals surface area contributed by atoms with Gasteiger partial charge < -0.3 is 15.4 Å². The molecule has 1 aromatic carbocycles. The topological polar surface area (TPSA) is 64.3 Å². The van der Waals surface area contributed by atoms with Crippen molar-refractivity contribution in [1.29, 1.82) is 0 Å². The molecule has 0 aliphatic carbocycles. The first kappa shape index (κ1) is 14.3. The van der Waals surface area contributed by atoms with Crippen molar-refractivity contribution in [2.45, 2.75) is 20.5 Å². The molecule has 0 atom stereocenters. The van der Waals surface area contributed by atoms with Crippen molar-refractivity contribution >= 4 is 17.3 Å². The van der Waals surface area contributed by atoms with Gasteiger partial charge in [-0.1, -0.05) is 12.1 Å². The fourth-order valence-corrected chi connectivity index (χ4v) is 2.11. The molecule has 0 saturated carbocycles. The third-order valence-electron chi connectivity index (χ3n) is 2.96. The molecule has 20 heavy (non-hydrogen) atoms. The number of ether oxygens (including phenoxy) is 1. The van der Waals surface area contributed by atoms with Crippen molar-refractivity contribution in [3.63, 3.8) is 0 Å². The van der Waals surface area contributed by atoms with E-state index in [9.17, 15) is 0 Å². The van der Waals surface area contributed by atoms with Crippen LogP contribution in [0.4, 0.5) is 17.3 Å². The summed E-state index contributed by atoms with van der Waals surface area (Å²) in [6, 6.07) is 10.1. The predicted octanol–water partition coefficient (Wildman–Crippen LogP) is 2.67. The largest absolute Gasteiger partial charge is 0.384 e. The molecule has 0 bridgehead atoms. The maximum Gasteiger partial charge on any atom is 0.158 e. The van der Waals surface area contributed by atoms with Crippen LogP contribution in [0.5, 0.6) is 0 Å². The summed E-state index contributed by atoms with van der Waals surface area (Å²) >= 11 is 0. The molecular formula is C15H20N4O. The van der Waals surface area contributed by atoms with Gasteiger partial charge in [0.25, 0.3) is 0 Å². The molecule has 0 unspecified atom stereocenters. The summed E-state index contributed by atoms with van der Waals surface area (Å²) in [6.07, 6.45) is 0. The number of hydrogen-bond donors (Lipinski definition) is 1. The quantitative estimate of drug-likeness (QED) is 0.906. The molecule has 5 nitrogen and oxygen atoms in total. The van der Waals surface area contributed by atoms with Crippen LogP contribution in [0.15, 0.2) is 30.3 Å². The third-order valence-corrected chi connectivity index (χ3v) is 2.96. The second-order valence-electron chi connectivity index (χ2n) is 4.58. The van der Waals surface area contributed by atoms with Crippen molar-refractivity contribution < 1.29 is 4.74 Å². The average Bonchev–Trinajstić information content (AvgIpc) is 2.39. The monoisotopic (exact) mass is 272 g/mol. The number of rotatable bonds is 5. The Balaban J connectivity index is 2.41. The molecule has 0 spiro atoms. The zero-order valence-electron chi connectivity index (χ0n) is 12.1. The first-order valence-electron chi connectivity index (χ1n) is 6.60. The fourth-order valence-electron chi connectivity index (χ4n) is 2.11. The van der Waals surface area contributed by atoms with Crippen LogP contribution in [0, 0.1) is 6.92 Å². The number of nitrogens with zero attached hydrogens (tertiary/aromatic N) is 3. The number of hydrogen-bond acceptors (Lipinski definition) is 5. The molecule has 0 aliphatic heterocycles. The van der Waals surface area contributed by atoms with Gasteiger partial charge in [-0.15, -0.1) is 0 Å². The summed E-state index contributed by atoms with van der Waals surface area (Å²) in [4.78, 5) is 10.8. The van der Waals surface area contributed by atoms with Crippen molar-refractivity contribution in [3.05, 3.63) is 41.7 Å². The van der Waals surface area contributed by atoms with Gasteiger partial charge in [-0.2, -0.15) is 0 Å². The molecule has 0 saturated heterocycles. The van der Waals surface area contributed by atoms with E-state index in [1.165, 1.54) is 5.56 Å². The molecule has 0 fully saturated rings. The predicted molar refractivity (Wildman–Crippen MR) is 81.0 cm³/mol. The number of nitrogen functional groups attached to an aromatic ring is 1. The SMILES string of the molecule is CCN(c1cccc(C)c1)c1cc(N)nc(COC)n1. The second kappa shape index (κ2) is 6.34. The fraction of sp³-hybridized carbons (Fsp3) is 0.333.